The lowest BCUT2D eigenvalue weighted by Gasteiger charge is -2.24. The summed E-state index contributed by atoms with van der Waals surface area (Å²) in [5.41, 5.74) is 1.26. The Labute approximate surface area is 118 Å². The third-order valence-electron chi connectivity index (χ3n) is 4.03. The fraction of sp³-hybridized carbons (Fsp3) is 0.222. The Morgan fingerprint density at radius 2 is 1.60 bits per heavy atom. The van der Waals surface area contributed by atoms with Crippen LogP contribution in [-0.4, -0.2) is 19.7 Å². The summed E-state index contributed by atoms with van der Waals surface area (Å²) in [6.07, 6.45) is 0.180. The van der Waals surface area contributed by atoms with E-state index in [2.05, 4.69) is 59.9 Å². The average Bonchev–Trinajstić information content (AvgIpc) is 2.53. The molecule has 1 saturated heterocycles. The lowest BCUT2D eigenvalue weighted by atomic mass is 9.99. The van der Waals surface area contributed by atoms with Crippen LogP contribution in [-0.2, 0) is 4.74 Å². The van der Waals surface area contributed by atoms with Gasteiger partial charge in [0.25, 0.3) is 0 Å². The molecule has 100 valence electrons. The predicted molar refractivity (Wildman–Crippen MR) is 83.0 cm³/mol. The van der Waals surface area contributed by atoms with Gasteiger partial charge in [-0.1, -0.05) is 36.4 Å². The first-order chi connectivity index (χ1) is 9.90. The highest BCUT2D eigenvalue weighted by atomic mass is 16.5. The van der Waals surface area contributed by atoms with Gasteiger partial charge in [0.15, 0.2) is 0 Å². The Balaban J connectivity index is 1.83. The van der Waals surface area contributed by atoms with E-state index < -0.39 is 0 Å². The standard InChI is InChI=1S/C18H17NO/c1-2-4-14-10-17-11-16(18-12-19-7-8-20-18)6-5-15(17)9-13(14)3-1/h1-6,9-11,18-19H,7-8,12H2. The zero-order valence-electron chi connectivity index (χ0n) is 11.3. The molecule has 1 N–H and O–H groups in total. The molecule has 0 spiro atoms. The maximum atomic E-state index is 5.84. The third kappa shape index (κ3) is 2.07. The van der Waals surface area contributed by atoms with Crippen molar-refractivity contribution in [3.8, 4) is 0 Å². The van der Waals surface area contributed by atoms with E-state index in [1.165, 1.54) is 27.1 Å². The van der Waals surface area contributed by atoms with Crippen LogP contribution in [0.3, 0.4) is 0 Å². The fourth-order valence-corrected chi connectivity index (χ4v) is 2.94. The van der Waals surface area contributed by atoms with E-state index in [9.17, 15) is 0 Å². The van der Waals surface area contributed by atoms with Gasteiger partial charge >= 0.3 is 0 Å². The second-order valence-electron chi connectivity index (χ2n) is 5.37. The minimum atomic E-state index is 0.180. The summed E-state index contributed by atoms with van der Waals surface area (Å²) in [5.74, 6) is 0. The van der Waals surface area contributed by atoms with Gasteiger partial charge in [-0.05, 0) is 45.3 Å². The van der Waals surface area contributed by atoms with Gasteiger partial charge in [-0.3, -0.25) is 0 Å². The van der Waals surface area contributed by atoms with Crippen LogP contribution in [0.4, 0.5) is 0 Å². The highest BCUT2D eigenvalue weighted by molar-refractivity contribution is 5.98. The summed E-state index contributed by atoms with van der Waals surface area (Å²) in [6, 6.07) is 19.7. The van der Waals surface area contributed by atoms with Crippen molar-refractivity contribution in [1.82, 2.24) is 5.32 Å². The number of hydrogen-bond acceptors (Lipinski definition) is 2. The van der Waals surface area contributed by atoms with Gasteiger partial charge in [0.1, 0.15) is 0 Å². The molecule has 0 aliphatic carbocycles. The molecule has 1 atom stereocenters. The summed E-state index contributed by atoms with van der Waals surface area (Å²) >= 11 is 0. The van der Waals surface area contributed by atoms with E-state index in [4.69, 9.17) is 4.74 Å². The maximum absolute atomic E-state index is 5.84. The van der Waals surface area contributed by atoms with Crippen molar-refractivity contribution < 1.29 is 4.74 Å². The van der Waals surface area contributed by atoms with Crippen LogP contribution in [0.2, 0.25) is 0 Å². The largest absolute Gasteiger partial charge is 0.371 e. The molecule has 1 unspecified atom stereocenters. The molecule has 2 nitrogen and oxygen atoms in total. The quantitative estimate of drug-likeness (QED) is 0.677. The Bertz CT molecular complexity index is 760. The minimum absolute atomic E-state index is 0.180. The molecule has 1 aliphatic heterocycles. The van der Waals surface area contributed by atoms with Crippen LogP contribution in [0, 0.1) is 0 Å². The molecule has 4 rings (SSSR count). The number of hydrogen-bond donors (Lipinski definition) is 1. The normalized spacial score (nSPS) is 19.5. The third-order valence-corrected chi connectivity index (χ3v) is 4.03. The minimum Gasteiger partial charge on any atom is -0.371 e. The smallest absolute Gasteiger partial charge is 0.0950 e. The Morgan fingerprint density at radius 3 is 2.35 bits per heavy atom. The molecule has 1 heterocycles. The number of morpholine rings is 1. The summed E-state index contributed by atoms with van der Waals surface area (Å²) in [7, 11) is 0. The molecular formula is C18H17NO. The first-order valence-electron chi connectivity index (χ1n) is 7.15. The molecule has 3 aromatic carbocycles. The van der Waals surface area contributed by atoms with Crippen molar-refractivity contribution in [2.75, 3.05) is 19.7 Å². The number of fused-ring (bicyclic) bond motifs is 2. The topological polar surface area (TPSA) is 21.3 Å². The van der Waals surface area contributed by atoms with Gasteiger partial charge in [-0.2, -0.15) is 0 Å². The van der Waals surface area contributed by atoms with Crippen molar-refractivity contribution in [2.45, 2.75) is 6.10 Å². The van der Waals surface area contributed by atoms with Gasteiger partial charge in [0.05, 0.1) is 12.7 Å². The van der Waals surface area contributed by atoms with Crippen molar-refractivity contribution in [2.24, 2.45) is 0 Å². The van der Waals surface area contributed by atoms with E-state index in [1.807, 2.05) is 0 Å². The molecule has 0 radical (unpaired) electrons. The van der Waals surface area contributed by atoms with Gasteiger partial charge < -0.3 is 10.1 Å². The summed E-state index contributed by atoms with van der Waals surface area (Å²) in [5, 5.41) is 8.55. The zero-order chi connectivity index (χ0) is 13.4. The van der Waals surface area contributed by atoms with Crippen LogP contribution >= 0.6 is 0 Å². The van der Waals surface area contributed by atoms with Crippen LogP contribution in [0.15, 0.2) is 54.6 Å². The zero-order valence-corrected chi connectivity index (χ0v) is 11.3. The highest BCUT2D eigenvalue weighted by Gasteiger charge is 2.15. The van der Waals surface area contributed by atoms with Gasteiger partial charge in [-0.25, -0.2) is 0 Å². The second-order valence-corrected chi connectivity index (χ2v) is 5.37. The van der Waals surface area contributed by atoms with Gasteiger partial charge in [0, 0.05) is 13.1 Å². The lowest BCUT2D eigenvalue weighted by Crippen LogP contribution is -2.33. The lowest BCUT2D eigenvalue weighted by molar-refractivity contribution is 0.0278. The maximum Gasteiger partial charge on any atom is 0.0950 e. The van der Waals surface area contributed by atoms with Gasteiger partial charge in [0.2, 0.25) is 0 Å². The number of rotatable bonds is 1. The van der Waals surface area contributed by atoms with E-state index in [-0.39, 0.29) is 6.10 Å². The molecule has 0 saturated carbocycles. The van der Waals surface area contributed by atoms with E-state index in [1.54, 1.807) is 0 Å². The summed E-state index contributed by atoms with van der Waals surface area (Å²) in [6.45, 7) is 2.65. The molecule has 2 heteroatoms. The van der Waals surface area contributed by atoms with Crippen LogP contribution in [0.25, 0.3) is 21.5 Å². The van der Waals surface area contributed by atoms with Crippen molar-refractivity contribution >= 4 is 21.5 Å². The first-order valence-corrected chi connectivity index (χ1v) is 7.15. The van der Waals surface area contributed by atoms with E-state index in [0.29, 0.717) is 0 Å². The Hall–Kier alpha value is -1.90. The SMILES string of the molecule is c1ccc2cc3cc(C4CNCCO4)ccc3cc2c1. The molecule has 3 aromatic rings. The van der Waals surface area contributed by atoms with Crippen LogP contribution < -0.4 is 5.32 Å². The molecule has 0 aromatic heterocycles. The monoisotopic (exact) mass is 263 g/mol. The van der Waals surface area contributed by atoms with Crippen LogP contribution in [0.1, 0.15) is 11.7 Å². The van der Waals surface area contributed by atoms with Crippen molar-refractivity contribution in [3.05, 3.63) is 60.2 Å². The summed E-state index contributed by atoms with van der Waals surface area (Å²) in [4.78, 5) is 0. The first kappa shape index (κ1) is 11.9. The number of benzene rings is 3. The van der Waals surface area contributed by atoms with E-state index >= 15 is 0 Å². The van der Waals surface area contributed by atoms with Crippen LogP contribution in [0.5, 0.6) is 0 Å². The van der Waals surface area contributed by atoms with Crippen molar-refractivity contribution in [3.63, 3.8) is 0 Å². The average molecular weight is 263 g/mol. The molecule has 1 aliphatic rings. The molecule has 0 amide bonds. The predicted octanol–water partition coefficient (Wildman–Crippen LogP) is 3.65. The highest BCUT2D eigenvalue weighted by Crippen LogP contribution is 2.27. The van der Waals surface area contributed by atoms with Crippen molar-refractivity contribution in [1.29, 1.82) is 0 Å². The molecular weight excluding hydrogens is 246 g/mol. The Kier molecular flexibility index (Phi) is 2.91. The van der Waals surface area contributed by atoms with E-state index in [0.717, 1.165) is 19.7 Å². The molecule has 0 bridgehead atoms. The van der Waals surface area contributed by atoms with Gasteiger partial charge in [-0.15, -0.1) is 0 Å². The molecule has 1 fully saturated rings. The second kappa shape index (κ2) is 4.89. The Morgan fingerprint density at radius 1 is 0.850 bits per heavy atom. The fourth-order valence-electron chi connectivity index (χ4n) is 2.94. The number of nitrogens with one attached hydrogen (secondary N) is 1. The number of ether oxygens (including phenoxy) is 1. The summed E-state index contributed by atoms with van der Waals surface area (Å²) < 4.78 is 5.84. The molecule has 20 heavy (non-hydrogen) atoms.